The van der Waals surface area contributed by atoms with E-state index in [1.807, 2.05) is 38.1 Å². The number of pyridine rings is 1. The van der Waals surface area contributed by atoms with Crippen LogP contribution < -0.4 is 10.6 Å². The molecule has 0 radical (unpaired) electrons. The van der Waals surface area contributed by atoms with Crippen molar-refractivity contribution in [1.29, 1.82) is 0 Å². The Morgan fingerprint density at radius 2 is 1.80 bits per heavy atom. The second kappa shape index (κ2) is 20.0. The van der Waals surface area contributed by atoms with E-state index in [0.29, 0.717) is 19.4 Å². The number of aromatic nitrogens is 1. The molecule has 1 aromatic rings. The standard InChI is InChI=1S/C39H66N4O11/c1-11-30-39(8,50)33(47)26(6)35(48)42-22(2)18-38(7,51-21-28(44)20-41-16-14-27-13-12-15-40-19-27)34(24(4)31(45)25(5)36(49)53-30)54-37-32(46)29(43(9)10)17-23(3)52-37/h12-13,15,19,22-26,28-30,32-34,37,41,44,46-47,50H,11,14,16-18,20-21H2,1-10H3,(H,42,48)/t22-,23-,24+,25-,26-,28?,29+,30-,32-,33-,34-,37+,38-,39-/m1/s1. The molecule has 14 atom stereocenters. The molecule has 308 valence electrons. The first-order valence-corrected chi connectivity index (χ1v) is 19.2. The van der Waals surface area contributed by atoms with Gasteiger partial charge in [0.1, 0.15) is 23.7 Å². The summed E-state index contributed by atoms with van der Waals surface area (Å²) in [5.74, 6) is -5.60. The molecule has 0 aromatic carbocycles. The van der Waals surface area contributed by atoms with Crippen LogP contribution in [-0.2, 0) is 39.8 Å². The maximum absolute atomic E-state index is 14.3. The fourth-order valence-electron chi connectivity index (χ4n) is 7.63. The Balaban J connectivity index is 2.02. The highest BCUT2D eigenvalue weighted by Crippen LogP contribution is 2.36. The number of amides is 1. The van der Waals surface area contributed by atoms with Gasteiger partial charge in [-0.05, 0) is 92.6 Å². The number of carbonyl (C=O) groups is 3. The van der Waals surface area contributed by atoms with Crippen molar-refractivity contribution in [2.75, 3.05) is 33.8 Å². The van der Waals surface area contributed by atoms with Crippen LogP contribution >= 0.6 is 0 Å². The second-order valence-electron chi connectivity index (χ2n) is 16.0. The minimum atomic E-state index is -2.03. The van der Waals surface area contributed by atoms with Crippen molar-refractivity contribution < 1.29 is 53.8 Å². The lowest BCUT2D eigenvalue weighted by Gasteiger charge is -2.47. The highest BCUT2D eigenvalue weighted by atomic mass is 16.7. The Hall–Kier alpha value is -2.60. The number of nitrogens with zero attached hydrogens (tertiary/aromatic N) is 2. The fourth-order valence-corrected chi connectivity index (χ4v) is 7.63. The van der Waals surface area contributed by atoms with E-state index in [-0.39, 0.29) is 38.1 Å². The van der Waals surface area contributed by atoms with Gasteiger partial charge in [0.05, 0.1) is 42.5 Å². The van der Waals surface area contributed by atoms with Gasteiger partial charge in [0.2, 0.25) is 5.91 Å². The lowest BCUT2D eigenvalue weighted by molar-refractivity contribution is -0.298. The third-order valence-corrected chi connectivity index (χ3v) is 11.0. The third-order valence-electron chi connectivity index (χ3n) is 11.0. The molecular weight excluding hydrogens is 700 g/mol. The molecule has 2 aliphatic rings. The summed E-state index contributed by atoms with van der Waals surface area (Å²) in [5.41, 5.74) is -2.43. The van der Waals surface area contributed by atoms with E-state index in [9.17, 15) is 34.8 Å². The zero-order valence-electron chi connectivity index (χ0n) is 33.7. The van der Waals surface area contributed by atoms with Crippen molar-refractivity contribution in [1.82, 2.24) is 20.5 Å². The van der Waals surface area contributed by atoms with Gasteiger partial charge in [-0.2, -0.15) is 0 Å². The summed E-state index contributed by atoms with van der Waals surface area (Å²) in [4.78, 5) is 47.4. The van der Waals surface area contributed by atoms with E-state index in [4.69, 9.17) is 18.9 Å². The van der Waals surface area contributed by atoms with E-state index in [1.54, 1.807) is 40.1 Å². The van der Waals surface area contributed by atoms with Crippen molar-refractivity contribution in [3.8, 4) is 0 Å². The molecule has 0 spiro atoms. The van der Waals surface area contributed by atoms with Crippen LogP contribution in [0.15, 0.2) is 24.5 Å². The maximum atomic E-state index is 14.3. The van der Waals surface area contributed by atoms with Crippen LogP contribution in [-0.4, -0.2) is 148 Å². The number of aliphatic hydroxyl groups excluding tert-OH is 3. The van der Waals surface area contributed by atoms with E-state index >= 15 is 0 Å². The summed E-state index contributed by atoms with van der Waals surface area (Å²) in [7, 11) is 3.68. The lowest BCUT2D eigenvalue weighted by atomic mass is 9.79. The summed E-state index contributed by atoms with van der Waals surface area (Å²) >= 11 is 0. The molecule has 1 aromatic heterocycles. The topological polar surface area (TPSA) is 209 Å². The van der Waals surface area contributed by atoms with Gasteiger partial charge in [-0.1, -0.05) is 26.8 Å². The van der Waals surface area contributed by atoms with Gasteiger partial charge in [0, 0.05) is 36.9 Å². The second-order valence-corrected chi connectivity index (χ2v) is 16.0. The van der Waals surface area contributed by atoms with Crippen molar-refractivity contribution >= 4 is 17.7 Å². The first-order valence-electron chi connectivity index (χ1n) is 19.2. The number of hydrogen-bond acceptors (Lipinski definition) is 14. The minimum absolute atomic E-state index is 0.0350. The van der Waals surface area contributed by atoms with Crippen LogP contribution in [0.25, 0.3) is 0 Å². The first kappa shape index (κ1) is 45.8. The number of carbonyl (C=O) groups excluding carboxylic acids is 3. The quantitative estimate of drug-likeness (QED) is 0.0997. The number of rotatable bonds is 12. The largest absolute Gasteiger partial charge is 0.459 e. The summed E-state index contributed by atoms with van der Waals surface area (Å²) in [6.07, 6.45) is -2.84. The number of aliphatic hydroxyl groups is 4. The number of ether oxygens (including phenoxy) is 4. The number of nitrogens with one attached hydrogen (secondary N) is 2. The molecule has 3 heterocycles. The maximum Gasteiger partial charge on any atom is 0.316 e. The van der Waals surface area contributed by atoms with Crippen LogP contribution in [0.2, 0.25) is 0 Å². The van der Waals surface area contributed by atoms with Crippen LogP contribution in [0.3, 0.4) is 0 Å². The summed E-state index contributed by atoms with van der Waals surface area (Å²) in [5, 5.41) is 51.3. The van der Waals surface area contributed by atoms with Crippen molar-refractivity contribution in [3.05, 3.63) is 30.1 Å². The number of cyclic esters (lactones) is 1. The van der Waals surface area contributed by atoms with Gasteiger partial charge >= 0.3 is 5.97 Å². The molecule has 54 heavy (non-hydrogen) atoms. The van der Waals surface area contributed by atoms with Gasteiger partial charge < -0.3 is 54.9 Å². The Morgan fingerprint density at radius 1 is 1.11 bits per heavy atom. The number of hydrogen-bond donors (Lipinski definition) is 6. The van der Waals surface area contributed by atoms with E-state index in [1.165, 1.54) is 20.8 Å². The molecule has 1 amide bonds. The monoisotopic (exact) mass is 766 g/mol. The predicted molar refractivity (Wildman–Crippen MR) is 200 cm³/mol. The predicted octanol–water partition coefficient (Wildman–Crippen LogP) is 0.981. The van der Waals surface area contributed by atoms with Gasteiger partial charge in [-0.3, -0.25) is 19.4 Å². The van der Waals surface area contributed by atoms with Gasteiger partial charge in [0.25, 0.3) is 0 Å². The molecule has 0 saturated carbocycles. The van der Waals surface area contributed by atoms with Crippen molar-refractivity contribution in [2.45, 2.75) is 147 Å². The van der Waals surface area contributed by atoms with Crippen molar-refractivity contribution in [3.63, 3.8) is 0 Å². The van der Waals surface area contributed by atoms with Crippen LogP contribution in [0.4, 0.5) is 0 Å². The summed E-state index contributed by atoms with van der Waals surface area (Å²) in [6.45, 7) is 13.3. The first-order chi connectivity index (χ1) is 25.2. The van der Waals surface area contributed by atoms with E-state index in [0.717, 1.165) is 5.56 Å². The van der Waals surface area contributed by atoms with Gasteiger partial charge in [0.15, 0.2) is 12.1 Å². The number of likely N-dealkylation sites (N-methyl/N-ethyl adjacent to an activating group) is 1. The highest BCUT2D eigenvalue weighted by Gasteiger charge is 2.51. The molecule has 1 unspecified atom stereocenters. The Kier molecular flexibility index (Phi) is 17.0. The Morgan fingerprint density at radius 3 is 2.41 bits per heavy atom. The number of ketones is 1. The molecule has 6 N–H and O–H groups in total. The van der Waals surface area contributed by atoms with E-state index < -0.39 is 89.5 Å². The smallest absolute Gasteiger partial charge is 0.316 e. The molecule has 0 aliphatic carbocycles. The molecule has 3 rings (SSSR count). The minimum Gasteiger partial charge on any atom is -0.459 e. The van der Waals surface area contributed by atoms with Crippen LogP contribution in [0.1, 0.15) is 80.2 Å². The van der Waals surface area contributed by atoms with Crippen molar-refractivity contribution in [2.24, 2.45) is 17.8 Å². The molecule has 2 aliphatic heterocycles. The molecule has 0 bridgehead atoms. The molecule has 15 nitrogen and oxygen atoms in total. The Labute approximate surface area is 320 Å². The zero-order chi connectivity index (χ0) is 40.5. The van der Waals surface area contributed by atoms with Crippen LogP contribution in [0, 0.1) is 17.8 Å². The normalized spacial score (nSPS) is 38.3. The fraction of sp³-hybridized carbons (Fsp3) is 0.795. The average molecular weight is 767 g/mol. The summed E-state index contributed by atoms with van der Waals surface area (Å²) < 4.78 is 25.0. The average Bonchev–Trinajstić information content (AvgIpc) is 3.12. The third kappa shape index (κ3) is 11.7. The molecule has 2 saturated heterocycles. The van der Waals surface area contributed by atoms with E-state index in [2.05, 4.69) is 15.6 Å². The molecular formula is C39H66N4O11. The number of esters is 1. The highest BCUT2D eigenvalue weighted by molar-refractivity contribution is 6.00. The van der Waals surface area contributed by atoms with Gasteiger partial charge in [-0.25, -0.2) is 0 Å². The SMILES string of the molecule is CC[C@H]1OC(=O)[C@H](C)C(=O)[C@H](C)[C@@H](O[C@@H]2O[C@H](C)C[C@H](N(C)C)[C@H]2O)[C@](C)(OCC(O)CNCCc2cccnc2)C[C@@H](C)NC(=O)[C@H](C)[C@@H](O)[C@]1(C)O. The summed E-state index contributed by atoms with van der Waals surface area (Å²) in [6, 6.07) is 2.83. The molecule has 2 fully saturated rings. The molecule has 15 heteroatoms. The van der Waals surface area contributed by atoms with Gasteiger partial charge in [-0.15, -0.1) is 0 Å². The lowest BCUT2D eigenvalue weighted by Crippen LogP contribution is -2.60. The zero-order valence-corrected chi connectivity index (χ0v) is 33.7. The Bertz CT molecular complexity index is 1350. The van der Waals surface area contributed by atoms with Crippen LogP contribution in [0.5, 0.6) is 0 Å². The number of Topliss-reactive ketones (excluding diaryl/α,β-unsaturated/α-hetero) is 1.